The lowest BCUT2D eigenvalue weighted by Gasteiger charge is -2.07. The van der Waals surface area contributed by atoms with Gasteiger partial charge in [0.25, 0.3) is 5.91 Å². The molecule has 1 amide bonds. The number of carbonyl (C=O) groups is 2. The summed E-state index contributed by atoms with van der Waals surface area (Å²) < 4.78 is 5.95. The van der Waals surface area contributed by atoms with E-state index in [1.165, 1.54) is 0 Å². The number of ether oxygens (including phenoxy) is 1. The van der Waals surface area contributed by atoms with E-state index in [1.807, 2.05) is 26.0 Å². The second-order valence-electron chi connectivity index (χ2n) is 4.94. The Labute approximate surface area is 120 Å². The van der Waals surface area contributed by atoms with Crippen molar-refractivity contribution in [1.82, 2.24) is 0 Å². The van der Waals surface area contributed by atoms with Crippen LogP contribution in [0.2, 0.25) is 0 Å². The van der Waals surface area contributed by atoms with E-state index in [1.54, 1.807) is 6.07 Å². The number of esters is 1. The van der Waals surface area contributed by atoms with E-state index in [0.29, 0.717) is 11.6 Å². The molecule has 19 heavy (non-hydrogen) atoms. The summed E-state index contributed by atoms with van der Waals surface area (Å²) in [5.74, 6) is -0.203. The summed E-state index contributed by atoms with van der Waals surface area (Å²) in [7, 11) is 0. The van der Waals surface area contributed by atoms with Gasteiger partial charge < -0.3 is 10.1 Å². The Kier molecular flexibility index (Phi) is 4.24. The van der Waals surface area contributed by atoms with E-state index in [2.05, 4.69) is 21.2 Å². The summed E-state index contributed by atoms with van der Waals surface area (Å²) >= 11 is 3.39. The number of nitrogens with one attached hydrogen (secondary N) is 1. The molecule has 1 aliphatic carbocycles. The quantitative estimate of drug-likeness (QED) is 0.866. The van der Waals surface area contributed by atoms with Crippen molar-refractivity contribution in [2.24, 2.45) is 11.8 Å². The SMILES string of the molecule is Cc1cc(NC(=O)COC(=O)[C@@H]2C[C@H]2C)ccc1Br. The Morgan fingerprint density at radius 1 is 1.47 bits per heavy atom. The van der Waals surface area contributed by atoms with Crippen LogP contribution in [0.15, 0.2) is 22.7 Å². The van der Waals surface area contributed by atoms with Gasteiger partial charge in [0.15, 0.2) is 6.61 Å². The van der Waals surface area contributed by atoms with Crippen molar-refractivity contribution >= 4 is 33.5 Å². The molecule has 0 bridgehead atoms. The first-order valence-electron chi connectivity index (χ1n) is 6.20. The third-order valence-electron chi connectivity index (χ3n) is 3.20. The highest BCUT2D eigenvalue weighted by Crippen LogP contribution is 2.38. The van der Waals surface area contributed by atoms with Gasteiger partial charge in [0.1, 0.15) is 0 Å². The molecule has 4 nitrogen and oxygen atoms in total. The first kappa shape index (κ1) is 14.1. The molecule has 0 spiro atoms. The van der Waals surface area contributed by atoms with Gasteiger partial charge in [-0.05, 0) is 43.0 Å². The molecule has 2 atom stereocenters. The summed E-state index contributed by atoms with van der Waals surface area (Å²) in [5, 5.41) is 2.70. The molecular weight excluding hydrogens is 310 g/mol. The maximum absolute atomic E-state index is 11.6. The fraction of sp³-hybridized carbons (Fsp3) is 0.429. The molecule has 102 valence electrons. The van der Waals surface area contributed by atoms with Gasteiger partial charge in [0, 0.05) is 10.2 Å². The lowest BCUT2D eigenvalue weighted by Crippen LogP contribution is -2.21. The monoisotopic (exact) mass is 325 g/mol. The van der Waals surface area contributed by atoms with Crippen LogP contribution < -0.4 is 5.32 Å². The van der Waals surface area contributed by atoms with Crippen LogP contribution in [0.1, 0.15) is 18.9 Å². The van der Waals surface area contributed by atoms with Crippen LogP contribution in [0.4, 0.5) is 5.69 Å². The summed E-state index contributed by atoms with van der Waals surface area (Å²) in [4.78, 5) is 23.1. The molecule has 5 heteroatoms. The van der Waals surface area contributed by atoms with E-state index in [0.717, 1.165) is 16.5 Å². The van der Waals surface area contributed by atoms with E-state index in [4.69, 9.17) is 4.74 Å². The van der Waals surface area contributed by atoms with Crippen LogP contribution in [-0.4, -0.2) is 18.5 Å². The van der Waals surface area contributed by atoms with Crippen LogP contribution in [0.25, 0.3) is 0 Å². The zero-order valence-electron chi connectivity index (χ0n) is 10.9. The zero-order valence-corrected chi connectivity index (χ0v) is 12.5. The number of benzene rings is 1. The molecular formula is C14H16BrNO3. The molecule has 0 unspecified atom stereocenters. The molecule has 1 N–H and O–H groups in total. The number of rotatable bonds is 4. The van der Waals surface area contributed by atoms with Gasteiger partial charge in [-0.3, -0.25) is 9.59 Å². The molecule has 1 aromatic carbocycles. The van der Waals surface area contributed by atoms with Crippen LogP contribution >= 0.6 is 15.9 Å². The Bertz CT molecular complexity index is 515. The average Bonchev–Trinajstić information content (AvgIpc) is 3.08. The number of hydrogen-bond donors (Lipinski definition) is 1. The number of halogens is 1. The number of aryl methyl sites for hydroxylation is 1. The van der Waals surface area contributed by atoms with Crippen LogP contribution in [-0.2, 0) is 14.3 Å². The highest BCUT2D eigenvalue weighted by atomic mass is 79.9. The average molecular weight is 326 g/mol. The molecule has 1 saturated carbocycles. The summed E-state index contributed by atoms with van der Waals surface area (Å²) in [6, 6.07) is 5.51. The second-order valence-corrected chi connectivity index (χ2v) is 5.79. The second kappa shape index (κ2) is 5.74. The van der Waals surface area contributed by atoms with Gasteiger partial charge in [-0.15, -0.1) is 0 Å². The van der Waals surface area contributed by atoms with Crippen LogP contribution in [0.5, 0.6) is 0 Å². The van der Waals surface area contributed by atoms with E-state index in [9.17, 15) is 9.59 Å². The van der Waals surface area contributed by atoms with E-state index in [-0.39, 0.29) is 24.4 Å². The van der Waals surface area contributed by atoms with Crippen LogP contribution in [0.3, 0.4) is 0 Å². The predicted molar refractivity (Wildman–Crippen MR) is 75.7 cm³/mol. The minimum absolute atomic E-state index is 0.0114. The van der Waals surface area contributed by atoms with Crippen molar-refractivity contribution in [3.05, 3.63) is 28.2 Å². The fourth-order valence-electron chi connectivity index (χ4n) is 1.81. The largest absolute Gasteiger partial charge is 0.455 e. The zero-order chi connectivity index (χ0) is 14.0. The fourth-order valence-corrected chi connectivity index (χ4v) is 2.06. The Morgan fingerprint density at radius 3 is 2.74 bits per heavy atom. The number of carbonyl (C=O) groups excluding carboxylic acids is 2. The smallest absolute Gasteiger partial charge is 0.309 e. The maximum Gasteiger partial charge on any atom is 0.309 e. The predicted octanol–water partition coefficient (Wildman–Crippen LogP) is 2.90. The summed E-state index contributed by atoms with van der Waals surface area (Å²) in [6.07, 6.45) is 0.867. The lowest BCUT2D eigenvalue weighted by atomic mass is 10.2. The van der Waals surface area contributed by atoms with Gasteiger partial charge in [0.05, 0.1) is 5.92 Å². The Hall–Kier alpha value is -1.36. The molecule has 0 saturated heterocycles. The normalized spacial score (nSPS) is 20.8. The van der Waals surface area contributed by atoms with Crippen molar-refractivity contribution in [2.75, 3.05) is 11.9 Å². The third-order valence-corrected chi connectivity index (χ3v) is 4.09. The summed E-state index contributed by atoms with van der Waals surface area (Å²) in [5.41, 5.74) is 1.73. The number of hydrogen-bond acceptors (Lipinski definition) is 3. The minimum atomic E-state index is -0.316. The first-order chi connectivity index (χ1) is 8.97. The Balaban J connectivity index is 1.80. The highest BCUT2D eigenvalue weighted by molar-refractivity contribution is 9.10. The molecule has 2 rings (SSSR count). The van der Waals surface area contributed by atoms with E-state index < -0.39 is 0 Å². The van der Waals surface area contributed by atoms with Crippen LogP contribution in [0, 0.1) is 18.8 Å². The molecule has 0 aromatic heterocycles. The molecule has 1 aromatic rings. The summed E-state index contributed by atoms with van der Waals surface area (Å²) in [6.45, 7) is 3.71. The van der Waals surface area contributed by atoms with Gasteiger partial charge in [-0.2, -0.15) is 0 Å². The van der Waals surface area contributed by atoms with Gasteiger partial charge in [0.2, 0.25) is 0 Å². The van der Waals surface area contributed by atoms with Gasteiger partial charge >= 0.3 is 5.97 Å². The first-order valence-corrected chi connectivity index (χ1v) is 6.99. The van der Waals surface area contributed by atoms with Crippen molar-refractivity contribution in [1.29, 1.82) is 0 Å². The molecule has 0 heterocycles. The van der Waals surface area contributed by atoms with Crippen molar-refractivity contribution in [3.8, 4) is 0 Å². The highest BCUT2D eigenvalue weighted by Gasteiger charge is 2.40. The molecule has 0 radical (unpaired) electrons. The third kappa shape index (κ3) is 3.80. The molecule has 1 fully saturated rings. The van der Waals surface area contributed by atoms with Gasteiger partial charge in [-0.25, -0.2) is 0 Å². The number of anilines is 1. The Morgan fingerprint density at radius 2 is 2.16 bits per heavy atom. The number of amides is 1. The standard InChI is InChI=1S/C14H16BrNO3/c1-8-6-11(8)14(18)19-7-13(17)16-10-3-4-12(15)9(2)5-10/h3-5,8,11H,6-7H2,1-2H3,(H,16,17)/t8-,11-/m1/s1. The lowest BCUT2D eigenvalue weighted by molar-refractivity contribution is -0.148. The van der Waals surface area contributed by atoms with Crippen molar-refractivity contribution in [2.45, 2.75) is 20.3 Å². The van der Waals surface area contributed by atoms with Crippen molar-refractivity contribution < 1.29 is 14.3 Å². The topological polar surface area (TPSA) is 55.4 Å². The minimum Gasteiger partial charge on any atom is -0.455 e. The maximum atomic E-state index is 11.6. The van der Waals surface area contributed by atoms with Gasteiger partial charge in [-0.1, -0.05) is 22.9 Å². The van der Waals surface area contributed by atoms with Crippen molar-refractivity contribution in [3.63, 3.8) is 0 Å². The molecule has 0 aliphatic heterocycles. The molecule has 1 aliphatic rings. The van der Waals surface area contributed by atoms with E-state index >= 15 is 0 Å².